The molecule has 1 aliphatic heterocycles. The summed E-state index contributed by atoms with van der Waals surface area (Å²) in [6.07, 6.45) is 7.18. The highest BCUT2D eigenvalue weighted by molar-refractivity contribution is 5.32. The van der Waals surface area contributed by atoms with Gasteiger partial charge in [0.05, 0.1) is 0 Å². The molecule has 0 atom stereocenters. The van der Waals surface area contributed by atoms with Crippen LogP contribution in [0.25, 0.3) is 0 Å². The molecule has 1 aromatic rings. The first kappa shape index (κ1) is 13.4. The summed E-state index contributed by atoms with van der Waals surface area (Å²) >= 11 is 0. The summed E-state index contributed by atoms with van der Waals surface area (Å²) in [6.45, 7) is 8.71. The van der Waals surface area contributed by atoms with Crippen LogP contribution in [-0.2, 0) is 6.54 Å². The molecular weight excluding hydrogens is 224 g/mol. The molecule has 4 nitrogen and oxygen atoms in total. The molecule has 0 aliphatic carbocycles. The monoisotopic (exact) mass is 250 g/mol. The van der Waals surface area contributed by atoms with Gasteiger partial charge in [-0.25, -0.2) is 0 Å². The number of rotatable bonds is 6. The Labute approximate surface area is 110 Å². The molecule has 2 N–H and O–H groups in total. The van der Waals surface area contributed by atoms with Gasteiger partial charge in [0.25, 0.3) is 0 Å². The van der Waals surface area contributed by atoms with E-state index in [1.54, 1.807) is 0 Å². The zero-order chi connectivity index (χ0) is 12.8. The quantitative estimate of drug-likeness (QED) is 0.815. The fourth-order valence-corrected chi connectivity index (χ4v) is 2.91. The zero-order valence-electron chi connectivity index (χ0n) is 11.7. The standard InChI is InChI=1S/C14H26N4/c1-3-6-14(7-9-15-10-8-14)12-16-13-5-11-18(4-2)17-13/h5,11,15H,3-4,6-10,12H2,1-2H3,(H,16,17). The van der Waals surface area contributed by atoms with Crippen molar-refractivity contribution in [2.75, 3.05) is 25.0 Å². The minimum absolute atomic E-state index is 0.468. The van der Waals surface area contributed by atoms with E-state index in [2.05, 4.69) is 35.6 Å². The highest BCUT2D eigenvalue weighted by Crippen LogP contribution is 2.34. The normalized spacial score (nSPS) is 18.8. The van der Waals surface area contributed by atoms with Gasteiger partial charge in [0.1, 0.15) is 5.82 Å². The Morgan fingerprint density at radius 2 is 2.17 bits per heavy atom. The maximum absolute atomic E-state index is 4.49. The van der Waals surface area contributed by atoms with Crippen LogP contribution < -0.4 is 10.6 Å². The molecule has 1 fully saturated rings. The van der Waals surface area contributed by atoms with Gasteiger partial charge < -0.3 is 10.6 Å². The summed E-state index contributed by atoms with van der Waals surface area (Å²) in [6, 6.07) is 2.07. The Balaban J connectivity index is 1.92. The Hall–Kier alpha value is -1.03. The smallest absolute Gasteiger partial charge is 0.148 e. The van der Waals surface area contributed by atoms with Crippen LogP contribution >= 0.6 is 0 Å². The predicted molar refractivity (Wildman–Crippen MR) is 75.8 cm³/mol. The van der Waals surface area contributed by atoms with Gasteiger partial charge in [0.2, 0.25) is 0 Å². The van der Waals surface area contributed by atoms with Crippen LogP contribution in [0.3, 0.4) is 0 Å². The fraction of sp³-hybridized carbons (Fsp3) is 0.786. The zero-order valence-corrected chi connectivity index (χ0v) is 11.7. The minimum Gasteiger partial charge on any atom is -0.368 e. The summed E-state index contributed by atoms with van der Waals surface area (Å²) in [4.78, 5) is 0. The van der Waals surface area contributed by atoms with Crippen molar-refractivity contribution in [2.24, 2.45) is 5.41 Å². The van der Waals surface area contributed by atoms with E-state index < -0.39 is 0 Å². The summed E-state index contributed by atoms with van der Waals surface area (Å²) < 4.78 is 1.97. The lowest BCUT2D eigenvalue weighted by atomic mass is 9.75. The lowest BCUT2D eigenvalue weighted by molar-refractivity contribution is 0.199. The summed E-state index contributed by atoms with van der Waals surface area (Å²) in [5.74, 6) is 1.02. The van der Waals surface area contributed by atoms with E-state index in [9.17, 15) is 0 Å². The lowest BCUT2D eigenvalue weighted by Gasteiger charge is -2.37. The van der Waals surface area contributed by atoms with Crippen LogP contribution in [0.2, 0.25) is 0 Å². The Kier molecular flexibility index (Phi) is 4.64. The molecule has 1 aliphatic rings. The van der Waals surface area contributed by atoms with Crippen molar-refractivity contribution in [1.82, 2.24) is 15.1 Å². The maximum atomic E-state index is 4.49. The van der Waals surface area contributed by atoms with E-state index in [-0.39, 0.29) is 0 Å². The van der Waals surface area contributed by atoms with Crippen LogP contribution in [0.1, 0.15) is 39.5 Å². The second kappa shape index (κ2) is 6.23. The van der Waals surface area contributed by atoms with E-state index in [0.29, 0.717) is 5.41 Å². The fourth-order valence-electron chi connectivity index (χ4n) is 2.91. The molecule has 0 bridgehead atoms. The van der Waals surface area contributed by atoms with Gasteiger partial charge in [0.15, 0.2) is 0 Å². The number of aromatic nitrogens is 2. The third-order valence-electron chi connectivity index (χ3n) is 4.05. The number of nitrogens with zero attached hydrogens (tertiary/aromatic N) is 2. The molecule has 0 spiro atoms. The van der Waals surface area contributed by atoms with Crippen LogP contribution in [0.4, 0.5) is 5.82 Å². The molecule has 0 saturated carbocycles. The van der Waals surface area contributed by atoms with E-state index in [4.69, 9.17) is 0 Å². The second-order valence-electron chi connectivity index (χ2n) is 5.41. The van der Waals surface area contributed by atoms with E-state index in [1.807, 2.05) is 10.9 Å². The highest BCUT2D eigenvalue weighted by Gasteiger charge is 2.30. The van der Waals surface area contributed by atoms with E-state index >= 15 is 0 Å². The number of piperidine rings is 1. The van der Waals surface area contributed by atoms with Crippen molar-refractivity contribution in [2.45, 2.75) is 46.1 Å². The average Bonchev–Trinajstić information content (AvgIpc) is 2.86. The molecule has 102 valence electrons. The highest BCUT2D eigenvalue weighted by atomic mass is 15.3. The van der Waals surface area contributed by atoms with E-state index in [0.717, 1.165) is 32.0 Å². The number of hydrogen-bond acceptors (Lipinski definition) is 3. The molecule has 4 heteroatoms. The number of anilines is 1. The van der Waals surface area contributed by atoms with Crippen molar-refractivity contribution in [3.8, 4) is 0 Å². The lowest BCUT2D eigenvalue weighted by Crippen LogP contribution is -2.41. The number of nitrogens with one attached hydrogen (secondary N) is 2. The first-order valence-corrected chi connectivity index (χ1v) is 7.26. The molecule has 0 aromatic carbocycles. The van der Waals surface area contributed by atoms with Crippen LogP contribution in [-0.4, -0.2) is 29.4 Å². The molecule has 2 rings (SSSR count). The van der Waals surface area contributed by atoms with Gasteiger partial charge in [-0.3, -0.25) is 4.68 Å². The molecule has 0 unspecified atom stereocenters. The Morgan fingerprint density at radius 3 is 2.78 bits per heavy atom. The van der Waals surface area contributed by atoms with Crippen LogP contribution in [0.15, 0.2) is 12.3 Å². The molecule has 2 heterocycles. The SMILES string of the molecule is CCCC1(CNc2ccn(CC)n2)CCNCC1. The average molecular weight is 250 g/mol. The second-order valence-corrected chi connectivity index (χ2v) is 5.41. The number of aryl methyl sites for hydroxylation is 1. The number of hydrogen-bond donors (Lipinski definition) is 2. The van der Waals surface area contributed by atoms with Crippen molar-refractivity contribution >= 4 is 5.82 Å². The largest absolute Gasteiger partial charge is 0.368 e. The third-order valence-corrected chi connectivity index (χ3v) is 4.05. The van der Waals surface area contributed by atoms with Crippen molar-refractivity contribution in [3.05, 3.63) is 12.3 Å². The summed E-state index contributed by atoms with van der Waals surface area (Å²) in [5, 5.41) is 11.5. The van der Waals surface area contributed by atoms with Crippen molar-refractivity contribution < 1.29 is 0 Å². The predicted octanol–water partition coefficient (Wildman–Crippen LogP) is 2.48. The van der Waals surface area contributed by atoms with Gasteiger partial charge >= 0.3 is 0 Å². The topological polar surface area (TPSA) is 41.9 Å². The van der Waals surface area contributed by atoms with Gasteiger partial charge in [-0.2, -0.15) is 5.10 Å². The summed E-state index contributed by atoms with van der Waals surface area (Å²) in [5.41, 5.74) is 0.468. The summed E-state index contributed by atoms with van der Waals surface area (Å²) in [7, 11) is 0. The molecular formula is C14H26N4. The first-order chi connectivity index (χ1) is 8.78. The van der Waals surface area contributed by atoms with Crippen LogP contribution in [0, 0.1) is 5.41 Å². The molecule has 18 heavy (non-hydrogen) atoms. The Bertz CT molecular complexity index is 347. The molecule has 1 saturated heterocycles. The minimum atomic E-state index is 0.468. The van der Waals surface area contributed by atoms with Crippen molar-refractivity contribution in [1.29, 1.82) is 0 Å². The van der Waals surface area contributed by atoms with Gasteiger partial charge in [-0.1, -0.05) is 13.3 Å². The molecule has 1 aromatic heterocycles. The van der Waals surface area contributed by atoms with E-state index in [1.165, 1.54) is 25.7 Å². The van der Waals surface area contributed by atoms with Crippen molar-refractivity contribution in [3.63, 3.8) is 0 Å². The molecule has 0 amide bonds. The third kappa shape index (κ3) is 3.25. The first-order valence-electron chi connectivity index (χ1n) is 7.26. The molecule has 0 radical (unpaired) electrons. The Morgan fingerprint density at radius 1 is 1.39 bits per heavy atom. The van der Waals surface area contributed by atoms with Crippen LogP contribution in [0.5, 0.6) is 0 Å². The van der Waals surface area contributed by atoms with Gasteiger partial charge in [0, 0.05) is 25.4 Å². The van der Waals surface area contributed by atoms with Gasteiger partial charge in [-0.05, 0) is 44.7 Å². The van der Waals surface area contributed by atoms with Gasteiger partial charge in [-0.15, -0.1) is 0 Å². The maximum Gasteiger partial charge on any atom is 0.148 e.